The van der Waals surface area contributed by atoms with Gasteiger partial charge in [0.25, 0.3) is 11.5 Å². The molecular weight excluding hydrogens is 704 g/mol. The van der Waals surface area contributed by atoms with Gasteiger partial charge in [-0.25, -0.2) is 9.37 Å². The number of ether oxygens (including phenoxy) is 1. The largest absolute Gasteiger partial charge is 0.490 e. The number of fused-ring (bicyclic) bond motifs is 1. The molecule has 2 saturated heterocycles. The number of aromatic nitrogens is 4. The Morgan fingerprint density at radius 2 is 1.78 bits per heavy atom. The van der Waals surface area contributed by atoms with Gasteiger partial charge < -0.3 is 29.2 Å². The van der Waals surface area contributed by atoms with Crippen LogP contribution in [0.25, 0.3) is 5.65 Å². The number of piperidine rings is 2. The number of amides is 3. The third-order valence-corrected chi connectivity index (χ3v) is 11.5. The van der Waals surface area contributed by atoms with Crippen molar-refractivity contribution in [3.05, 3.63) is 82.2 Å². The summed E-state index contributed by atoms with van der Waals surface area (Å²) in [6, 6.07) is 6.28. The van der Waals surface area contributed by atoms with Crippen LogP contribution in [0.3, 0.4) is 0 Å². The van der Waals surface area contributed by atoms with Crippen molar-refractivity contribution in [2.75, 3.05) is 30.3 Å². The van der Waals surface area contributed by atoms with Crippen molar-refractivity contribution < 1.29 is 23.5 Å². The molecule has 3 amide bonds. The van der Waals surface area contributed by atoms with Gasteiger partial charge in [-0.1, -0.05) is 0 Å². The lowest BCUT2D eigenvalue weighted by Gasteiger charge is -2.36. The Morgan fingerprint density at radius 3 is 2.49 bits per heavy atom. The van der Waals surface area contributed by atoms with E-state index in [1.54, 1.807) is 35.3 Å². The van der Waals surface area contributed by atoms with E-state index < -0.39 is 17.9 Å². The molecule has 4 fully saturated rings. The van der Waals surface area contributed by atoms with Crippen LogP contribution < -0.4 is 26.2 Å². The number of imidazole rings is 1. The van der Waals surface area contributed by atoms with Crippen molar-refractivity contribution in [3.8, 4) is 5.75 Å². The highest BCUT2D eigenvalue weighted by atomic mass is 19.1. The normalized spacial score (nSPS) is 22.5. The van der Waals surface area contributed by atoms with Crippen LogP contribution >= 0.6 is 0 Å². The molecule has 0 spiro atoms. The second-order valence-corrected chi connectivity index (χ2v) is 16.0. The molecule has 4 aromatic rings. The molecule has 2 saturated carbocycles. The number of hydrogen-bond acceptors (Lipinski definition) is 9. The summed E-state index contributed by atoms with van der Waals surface area (Å²) in [5.74, 6) is -0.0691. The average Bonchev–Trinajstić information content (AvgIpc) is 3.92. The Labute approximate surface area is 319 Å². The van der Waals surface area contributed by atoms with Gasteiger partial charge in [-0.15, -0.1) is 0 Å². The van der Waals surface area contributed by atoms with Crippen LogP contribution in [-0.2, 0) is 9.59 Å². The van der Waals surface area contributed by atoms with Gasteiger partial charge in [-0.3, -0.25) is 29.5 Å². The Morgan fingerprint density at radius 1 is 1.00 bits per heavy atom. The number of carbonyl (C=O) groups excluding carboxylic acids is 3. The Kier molecular flexibility index (Phi) is 10.4. The van der Waals surface area contributed by atoms with Gasteiger partial charge in [0, 0.05) is 61.6 Å². The molecule has 1 atom stereocenters. The van der Waals surface area contributed by atoms with E-state index in [0.29, 0.717) is 46.6 Å². The van der Waals surface area contributed by atoms with E-state index in [4.69, 9.17) is 9.72 Å². The first kappa shape index (κ1) is 36.8. The Balaban J connectivity index is 0.850. The summed E-state index contributed by atoms with van der Waals surface area (Å²) in [5.41, 5.74) is 3.04. The molecular formula is C41H49FN8O5. The van der Waals surface area contributed by atoms with Crippen LogP contribution in [0.4, 0.5) is 15.8 Å². The molecule has 13 nitrogen and oxygen atoms in total. The molecule has 2 aliphatic heterocycles. The second kappa shape index (κ2) is 15.6. The summed E-state index contributed by atoms with van der Waals surface area (Å²) in [4.78, 5) is 62.1. The summed E-state index contributed by atoms with van der Waals surface area (Å²) in [5, 5.41) is 8.16. The number of nitrogens with zero attached hydrogens (tertiary/aromatic N) is 5. The second-order valence-electron chi connectivity index (χ2n) is 16.0. The fraction of sp³-hybridized carbons (Fsp3) is 0.512. The zero-order chi connectivity index (χ0) is 38.2. The van der Waals surface area contributed by atoms with Crippen molar-refractivity contribution in [2.45, 2.75) is 108 Å². The predicted molar refractivity (Wildman–Crippen MR) is 205 cm³/mol. The summed E-state index contributed by atoms with van der Waals surface area (Å²) in [6.45, 7) is 6.64. The van der Waals surface area contributed by atoms with Crippen LogP contribution in [0, 0.1) is 11.7 Å². The predicted octanol–water partition coefficient (Wildman–Crippen LogP) is 5.78. The highest BCUT2D eigenvalue weighted by molar-refractivity contribution is 6.06. The van der Waals surface area contributed by atoms with E-state index >= 15 is 4.39 Å². The van der Waals surface area contributed by atoms with Gasteiger partial charge in [0.1, 0.15) is 28.9 Å². The standard InChI is InChI=1S/C41H49FN8O5/c1-24(2)55-35-19-36-45-34(23-49(36)22-30(35)39(52)46-33-4-3-15-50(41(33)54)29-9-10-29)26-7-5-25(6-8-26)21-48-16-13-27(14-17-48)38-31(42)18-28(20-43-38)44-32-11-12-37(51)47-40(32)53/h3-4,15,18-20,22-27,29,32,44H,5-14,16-17,21H2,1-2H3,(H,46,52)(H,47,51,53). The summed E-state index contributed by atoms with van der Waals surface area (Å²) < 4.78 is 24.9. The summed E-state index contributed by atoms with van der Waals surface area (Å²) in [6.07, 6.45) is 15.5. The number of anilines is 2. The van der Waals surface area contributed by atoms with Crippen LogP contribution in [-0.4, -0.2) is 73.3 Å². The number of likely N-dealkylation sites (tertiary alicyclic amines) is 1. The van der Waals surface area contributed by atoms with Crippen molar-refractivity contribution in [3.63, 3.8) is 0 Å². The first-order valence-corrected chi connectivity index (χ1v) is 19.8. The van der Waals surface area contributed by atoms with Gasteiger partial charge in [0.05, 0.1) is 34.9 Å². The molecule has 1 unspecified atom stereocenters. The maximum atomic E-state index is 15.2. The molecule has 4 aliphatic rings. The minimum absolute atomic E-state index is 0.0476. The van der Waals surface area contributed by atoms with E-state index in [2.05, 4.69) is 25.8 Å². The van der Waals surface area contributed by atoms with Crippen molar-refractivity contribution in [2.24, 2.45) is 5.92 Å². The number of imide groups is 1. The quantitative estimate of drug-likeness (QED) is 0.162. The van der Waals surface area contributed by atoms with Gasteiger partial charge in [0.15, 0.2) is 0 Å². The number of nitrogens with one attached hydrogen (secondary N) is 3. The van der Waals surface area contributed by atoms with Crippen LogP contribution in [0.5, 0.6) is 5.75 Å². The maximum Gasteiger partial charge on any atom is 0.274 e. The molecule has 55 heavy (non-hydrogen) atoms. The molecule has 0 radical (unpaired) electrons. The molecule has 8 rings (SSSR count). The molecule has 4 aromatic heterocycles. The zero-order valence-corrected chi connectivity index (χ0v) is 31.4. The monoisotopic (exact) mass is 752 g/mol. The van der Waals surface area contributed by atoms with E-state index in [1.807, 2.05) is 30.5 Å². The average molecular weight is 753 g/mol. The molecule has 14 heteroatoms. The van der Waals surface area contributed by atoms with Gasteiger partial charge >= 0.3 is 0 Å². The van der Waals surface area contributed by atoms with Gasteiger partial charge in [0.2, 0.25) is 11.8 Å². The Bertz CT molecular complexity index is 2150. The van der Waals surface area contributed by atoms with Crippen molar-refractivity contribution in [1.82, 2.24) is 29.2 Å². The lowest BCUT2D eigenvalue weighted by atomic mass is 9.80. The third kappa shape index (κ3) is 8.29. The molecule has 0 bridgehead atoms. The lowest BCUT2D eigenvalue weighted by Crippen LogP contribution is -2.47. The van der Waals surface area contributed by atoms with E-state index in [9.17, 15) is 19.2 Å². The summed E-state index contributed by atoms with van der Waals surface area (Å²) in [7, 11) is 0. The first-order chi connectivity index (χ1) is 26.6. The fourth-order valence-electron chi connectivity index (χ4n) is 8.44. The highest BCUT2D eigenvalue weighted by Gasteiger charge is 2.31. The SMILES string of the molecule is CC(C)Oc1cc2nc(C3CCC(CN4CCC(c5ncc(NC6CCC(=O)NC6=O)cc5F)CC4)CC3)cn2cc1C(=O)Nc1cccn(C2CC2)c1=O. The van der Waals surface area contributed by atoms with E-state index in [0.717, 1.165) is 76.7 Å². The van der Waals surface area contributed by atoms with Crippen LogP contribution in [0.2, 0.25) is 0 Å². The molecule has 3 N–H and O–H groups in total. The van der Waals surface area contributed by atoms with Gasteiger partial charge in [-0.2, -0.15) is 0 Å². The maximum absolute atomic E-state index is 15.2. The first-order valence-electron chi connectivity index (χ1n) is 19.8. The number of carbonyl (C=O) groups is 3. The Hall–Kier alpha value is -5.11. The van der Waals surface area contributed by atoms with E-state index in [-0.39, 0.29) is 47.5 Å². The number of rotatable bonds is 11. The summed E-state index contributed by atoms with van der Waals surface area (Å²) >= 11 is 0. The number of pyridine rings is 3. The third-order valence-electron chi connectivity index (χ3n) is 11.5. The number of halogens is 1. The van der Waals surface area contributed by atoms with Crippen molar-refractivity contribution in [1.29, 1.82) is 0 Å². The van der Waals surface area contributed by atoms with E-state index in [1.165, 1.54) is 6.07 Å². The smallest absolute Gasteiger partial charge is 0.274 e. The van der Waals surface area contributed by atoms with Crippen molar-refractivity contribution >= 4 is 34.7 Å². The fourth-order valence-corrected chi connectivity index (χ4v) is 8.44. The minimum Gasteiger partial charge on any atom is -0.490 e. The molecule has 0 aromatic carbocycles. The van der Waals surface area contributed by atoms with Crippen LogP contribution in [0.1, 0.15) is 118 Å². The number of hydrogen-bond donors (Lipinski definition) is 3. The van der Waals surface area contributed by atoms with Crippen LogP contribution in [0.15, 0.2) is 53.8 Å². The minimum atomic E-state index is -0.580. The van der Waals surface area contributed by atoms with Gasteiger partial charge in [-0.05, 0) is 103 Å². The highest BCUT2D eigenvalue weighted by Crippen LogP contribution is 2.38. The molecule has 290 valence electrons. The molecule has 2 aliphatic carbocycles. The zero-order valence-electron chi connectivity index (χ0n) is 31.4. The molecule has 6 heterocycles. The lowest BCUT2D eigenvalue weighted by molar-refractivity contribution is -0.133. The topological polar surface area (TPSA) is 152 Å².